The fraction of sp³-hybridized carbons (Fsp3) is 0.786. The van der Waals surface area contributed by atoms with E-state index in [0.717, 1.165) is 30.4 Å². The number of nitrogens with one attached hydrogen (secondary N) is 1. The van der Waals surface area contributed by atoms with E-state index >= 15 is 0 Å². The second-order valence-electron chi connectivity index (χ2n) is 5.54. The summed E-state index contributed by atoms with van der Waals surface area (Å²) in [7, 11) is 0. The summed E-state index contributed by atoms with van der Waals surface area (Å²) in [6.45, 7) is 9.54. The van der Waals surface area contributed by atoms with Crippen LogP contribution in [0, 0.1) is 18.8 Å². The van der Waals surface area contributed by atoms with E-state index in [0.29, 0.717) is 11.8 Å². The molecule has 1 fully saturated rings. The summed E-state index contributed by atoms with van der Waals surface area (Å²) >= 11 is 1.72. The van der Waals surface area contributed by atoms with Gasteiger partial charge in [-0.1, -0.05) is 13.8 Å². The highest BCUT2D eigenvalue weighted by atomic mass is 32.1. The van der Waals surface area contributed by atoms with Gasteiger partial charge in [-0.2, -0.15) is 0 Å². The topological polar surface area (TPSA) is 34.1 Å². The van der Waals surface area contributed by atoms with E-state index in [1.807, 2.05) is 0 Å². The number of aryl methyl sites for hydroxylation is 1. The predicted molar refractivity (Wildman–Crippen MR) is 76.0 cm³/mol. The van der Waals surface area contributed by atoms with Crippen LogP contribution in [0.1, 0.15) is 43.5 Å². The van der Waals surface area contributed by atoms with E-state index in [2.05, 4.69) is 36.5 Å². The number of nitrogens with zero attached hydrogens (tertiary/aromatic N) is 1. The van der Waals surface area contributed by atoms with Crippen LogP contribution in [0.15, 0.2) is 5.38 Å². The summed E-state index contributed by atoms with van der Waals surface area (Å²) in [5.74, 6) is 1.27. The molecule has 2 heterocycles. The van der Waals surface area contributed by atoms with Crippen LogP contribution in [0.25, 0.3) is 0 Å². The lowest BCUT2D eigenvalue weighted by molar-refractivity contribution is -0.0300. The van der Waals surface area contributed by atoms with Crippen LogP contribution in [0.5, 0.6) is 0 Å². The zero-order valence-corrected chi connectivity index (χ0v) is 12.4. The molecule has 0 spiro atoms. The molecule has 4 heteroatoms. The standard InChI is InChI=1S/C14H24N2OS/c1-10(2)7-15-8-12-5-4-6-17-14(12)13-9-18-11(3)16-13/h9-10,12,14-15H,4-8H2,1-3H3. The Bertz CT molecular complexity index is 364. The molecule has 0 amide bonds. The van der Waals surface area contributed by atoms with Crippen molar-refractivity contribution in [3.8, 4) is 0 Å². The molecule has 0 aliphatic carbocycles. The largest absolute Gasteiger partial charge is 0.372 e. The van der Waals surface area contributed by atoms with Gasteiger partial charge in [0.15, 0.2) is 0 Å². The minimum absolute atomic E-state index is 0.198. The van der Waals surface area contributed by atoms with E-state index in [-0.39, 0.29) is 6.10 Å². The SMILES string of the molecule is Cc1nc(C2OCCCC2CNCC(C)C)cs1. The molecule has 1 aromatic rings. The van der Waals surface area contributed by atoms with Gasteiger partial charge in [0.1, 0.15) is 6.10 Å². The molecule has 2 unspecified atom stereocenters. The van der Waals surface area contributed by atoms with E-state index in [1.165, 1.54) is 12.8 Å². The van der Waals surface area contributed by atoms with Gasteiger partial charge in [0.2, 0.25) is 0 Å². The smallest absolute Gasteiger partial charge is 0.104 e. The number of aromatic nitrogens is 1. The molecular weight excluding hydrogens is 244 g/mol. The van der Waals surface area contributed by atoms with Gasteiger partial charge in [-0.3, -0.25) is 0 Å². The molecule has 18 heavy (non-hydrogen) atoms. The number of hydrogen-bond donors (Lipinski definition) is 1. The maximum Gasteiger partial charge on any atom is 0.104 e. The lowest BCUT2D eigenvalue weighted by Crippen LogP contribution is -2.33. The van der Waals surface area contributed by atoms with Gasteiger partial charge in [0.25, 0.3) is 0 Å². The van der Waals surface area contributed by atoms with E-state index in [1.54, 1.807) is 11.3 Å². The second kappa shape index (κ2) is 6.64. The highest BCUT2D eigenvalue weighted by Gasteiger charge is 2.28. The fourth-order valence-corrected chi connectivity index (χ4v) is 3.08. The van der Waals surface area contributed by atoms with E-state index in [4.69, 9.17) is 4.74 Å². The van der Waals surface area contributed by atoms with Crippen molar-refractivity contribution in [1.29, 1.82) is 0 Å². The van der Waals surface area contributed by atoms with Gasteiger partial charge in [0, 0.05) is 24.4 Å². The van der Waals surface area contributed by atoms with Crippen LogP contribution >= 0.6 is 11.3 Å². The minimum Gasteiger partial charge on any atom is -0.372 e. The first-order chi connectivity index (χ1) is 8.66. The lowest BCUT2D eigenvalue weighted by Gasteiger charge is -2.31. The third kappa shape index (κ3) is 3.77. The molecule has 0 aromatic carbocycles. The normalized spacial score (nSPS) is 24.7. The van der Waals surface area contributed by atoms with Gasteiger partial charge in [0.05, 0.1) is 10.7 Å². The van der Waals surface area contributed by atoms with Crippen molar-refractivity contribution in [2.24, 2.45) is 11.8 Å². The molecule has 1 aromatic heterocycles. The summed E-state index contributed by atoms with van der Waals surface area (Å²) in [5, 5.41) is 6.84. The molecule has 1 N–H and O–H groups in total. The molecule has 2 rings (SSSR count). The molecule has 0 bridgehead atoms. The summed E-state index contributed by atoms with van der Waals surface area (Å²) in [6.07, 6.45) is 2.61. The van der Waals surface area contributed by atoms with Gasteiger partial charge in [-0.25, -0.2) is 4.98 Å². The Balaban J connectivity index is 1.93. The third-order valence-electron chi connectivity index (χ3n) is 3.33. The molecular formula is C14H24N2OS. The van der Waals surface area contributed by atoms with Crippen LogP contribution in [0.2, 0.25) is 0 Å². The lowest BCUT2D eigenvalue weighted by atomic mass is 9.92. The minimum atomic E-state index is 0.198. The Morgan fingerprint density at radius 3 is 3.06 bits per heavy atom. The van der Waals surface area contributed by atoms with E-state index in [9.17, 15) is 0 Å². The number of hydrogen-bond acceptors (Lipinski definition) is 4. The third-order valence-corrected chi connectivity index (χ3v) is 4.12. The molecule has 102 valence electrons. The summed E-state index contributed by atoms with van der Waals surface area (Å²) in [4.78, 5) is 4.59. The summed E-state index contributed by atoms with van der Waals surface area (Å²) in [5.41, 5.74) is 1.13. The van der Waals surface area contributed by atoms with Crippen LogP contribution < -0.4 is 5.32 Å². The Morgan fingerprint density at radius 1 is 1.56 bits per heavy atom. The highest BCUT2D eigenvalue weighted by molar-refractivity contribution is 7.09. The molecule has 3 nitrogen and oxygen atoms in total. The molecule has 0 radical (unpaired) electrons. The average molecular weight is 268 g/mol. The number of ether oxygens (including phenoxy) is 1. The van der Waals surface area contributed by atoms with Gasteiger partial charge in [-0.05, 0) is 32.2 Å². The summed E-state index contributed by atoms with van der Waals surface area (Å²) in [6, 6.07) is 0. The van der Waals surface area contributed by atoms with Crippen molar-refractivity contribution >= 4 is 11.3 Å². The first kappa shape index (κ1) is 14.0. The highest BCUT2D eigenvalue weighted by Crippen LogP contribution is 2.33. The van der Waals surface area contributed by atoms with Gasteiger partial charge in [-0.15, -0.1) is 11.3 Å². The van der Waals surface area contributed by atoms with Crippen LogP contribution in [0.4, 0.5) is 0 Å². The van der Waals surface area contributed by atoms with Crippen molar-refractivity contribution in [2.45, 2.75) is 39.7 Å². The molecule has 1 saturated heterocycles. The van der Waals surface area contributed by atoms with Crippen molar-refractivity contribution in [2.75, 3.05) is 19.7 Å². The first-order valence-electron chi connectivity index (χ1n) is 6.91. The Kier molecular flexibility index (Phi) is 5.15. The maximum absolute atomic E-state index is 5.95. The van der Waals surface area contributed by atoms with Crippen molar-refractivity contribution in [1.82, 2.24) is 10.3 Å². The van der Waals surface area contributed by atoms with Crippen LogP contribution in [-0.4, -0.2) is 24.7 Å². The Hall–Kier alpha value is -0.450. The van der Waals surface area contributed by atoms with E-state index < -0.39 is 0 Å². The van der Waals surface area contributed by atoms with Crippen molar-refractivity contribution in [3.05, 3.63) is 16.1 Å². The summed E-state index contributed by atoms with van der Waals surface area (Å²) < 4.78 is 5.95. The molecule has 2 atom stereocenters. The Labute approximate surface area is 114 Å². The quantitative estimate of drug-likeness (QED) is 0.890. The van der Waals surface area contributed by atoms with Gasteiger partial charge < -0.3 is 10.1 Å². The molecule has 0 saturated carbocycles. The van der Waals surface area contributed by atoms with Crippen LogP contribution in [0.3, 0.4) is 0 Å². The Morgan fingerprint density at radius 2 is 2.39 bits per heavy atom. The zero-order chi connectivity index (χ0) is 13.0. The average Bonchev–Trinajstić information content (AvgIpc) is 2.76. The second-order valence-corrected chi connectivity index (χ2v) is 6.60. The number of thiazole rings is 1. The van der Waals surface area contributed by atoms with Gasteiger partial charge >= 0.3 is 0 Å². The number of rotatable bonds is 5. The zero-order valence-electron chi connectivity index (χ0n) is 11.6. The first-order valence-corrected chi connectivity index (χ1v) is 7.79. The molecule has 1 aliphatic heterocycles. The van der Waals surface area contributed by atoms with Crippen LogP contribution in [-0.2, 0) is 4.74 Å². The van der Waals surface area contributed by atoms with Crippen molar-refractivity contribution in [3.63, 3.8) is 0 Å². The maximum atomic E-state index is 5.95. The van der Waals surface area contributed by atoms with Crippen molar-refractivity contribution < 1.29 is 4.74 Å². The monoisotopic (exact) mass is 268 g/mol. The predicted octanol–water partition coefficient (Wildman–Crippen LogP) is 3.16. The fourth-order valence-electron chi connectivity index (χ4n) is 2.45. The molecule has 1 aliphatic rings.